The molecule has 42 heavy (non-hydrogen) atoms. The lowest BCUT2D eigenvalue weighted by Gasteiger charge is -2.34. The normalized spacial score (nSPS) is 18.8. The minimum atomic E-state index is -0.626. The summed E-state index contributed by atoms with van der Waals surface area (Å²) in [6.45, 7) is 2.18. The van der Waals surface area contributed by atoms with Crippen LogP contribution >= 0.6 is 0 Å². The number of amides is 3. The Morgan fingerprint density at radius 1 is 1.19 bits per heavy atom. The molecule has 2 aromatic carbocycles. The van der Waals surface area contributed by atoms with Gasteiger partial charge in [0, 0.05) is 41.5 Å². The van der Waals surface area contributed by atoms with Crippen molar-refractivity contribution < 1.29 is 23.5 Å². The third-order valence-electron chi connectivity index (χ3n) is 7.74. The second-order valence-corrected chi connectivity index (χ2v) is 10.4. The number of carbonyl (C=O) groups is 3. The molecular weight excluding hydrogens is 537 g/mol. The van der Waals surface area contributed by atoms with Crippen LogP contribution in [0.2, 0.25) is 0 Å². The van der Waals surface area contributed by atoms with E-state index < -0.39 is 11.9 Å². The molecule has 2 bridgehead atoms. The summed E-state index contributed by atoms with van der Waals surface area (Å²) in [7, 11) is 1.27. The fourth-order valence-corrected chi connectivity index (χ4v) is 5.52. The molecule has 0 aliphatic carbocycles. The maximum absolute atomic E-state index is 14.7. The van der Waals surface area contributed by atoms with Crippen LogP contribution in [0.4, 0.5) is 20.6 Å². The summed E-state index contributed by atoms with van der Waals surface area (Å²) in [6, 6.07) is 14.9. The molecule has 2 atom stereocenters. The first-order valence-corrected chi connectivity index (χ1v) is 13.8. The number of carbonyl (C=O) groups excluding carboxylic acids is 3. The van der Waals surface area contributed by atoms with E-state index in [0.717, 1.165) is 11.1 Å². The molecular formula is C32H30FN5O4. The van der Waals surface area contributed by atoms with Crippen molar-refractivity contribution in [2.45, 2.75) is 38.6 Å². The largest absolute Gasteiger partial charge is 0.453 e. The van der Waals surface area contributed by atoms with Crippen molar-refractivity contribution in [3.63, 3.8) is 0 Å². The second-order valence-electron chi connectivity index (χ2n) is 10.4. The number of nitrogens with zero attached hydrogens (tertiary/aromatic N) is 3. The van der Waals surface area contributed by atoms with Crippen LogP contribution in [-0.2, 0) is 14.3 Å². The van der Waals surface area contributed by atoms with Gasteiger partial charge in [-0.3, -0.25) is 19.9 Å². The van der Waals surface area contributed by atoms with Gasteiger partial charge in [-0.15, -0.1) is 0 Å². The van der Waals surface area contributed by atoms with Gasteiger partial charge in [0.1, 0.15) is 5.82 Å². The topological polar surface area (TPSA) is 124 Å². The number of methoxy groups -OCH3 is 1. The molecule has 2 N–H and O–H groups in total. The van der Waals surface area contributed by atoms with Gasteiger partial charge in [0.2, 0.25) is 11.8 Å². The predicted octanol–water partition coefficient (Wildman–Crippen LogP) is 6.05. The Morgan fingerprint density at radius 2 is 2.02 bits per heavy atom. The number of aromatic nitrogens is 1. The standard InChI is InChI=1S/C32H30FN5O4/c1-19-5-3-8-28(38-14-12-21(16-29(38)39)30-22(18-34)6-4-7-25(30)33)27-15-20(11-13-35-27)24-10-9-23(36-32(41)42-2)17-26(24)37-31(19)40/h4,6-7,9-11,13,15-17,19,28H,3,5,8,12,14H2,1-2H3,(H,36,41)(H,37,40). The number of benzene rings is 2. The highest BCUT2D eigenvalue weighted by atomic mass is 19.1. The summed E-state index contributed by atoms with van der Waals surface area (Å²) in [6.07, 6.45) is 4.68. The van der Waals surface area contributed by atoms with Gasteiger partial charge in [0.05, 0.1) is 36.2 Å². The number of fused-ring (bicyclic) bond motifs is 4. The van der Waals surface area contributed by atoms with Crippen molar-refractivity contribution >= 4 is 34.9 Å². The Morgan fingerprint density at radius 3 is 2.79 bits per heavy atom. The summed E-state index contributed by atoms with van der Waals surface area (Å²) in [5.41, 5.74) is 4.05. The molecule has 2 aliphatic heterocycles. The van der Waals surface area contributed by atoms with Gasteiger partial charge in [-0.05, 0) is 66.8 Å². The van der Waals surface area contributed by atoms with Crippen molar-refractivity contribution in [3.8, 4) is 17.2 Å². The SMILES string of the molecule is COC(=O)Nc1ccc2c(c1)NC(=O)C(C)CCCC(N1CCC(c3c(F)cccc3C#N)=CC1=O)c1cc-2ccn1. The maximum Gasteiger partial charge on any atom is 0.411 e. The highest BCUT2D eigenvalue weighted by Gasteiger charge is 2.31. The second kappa shape index (κ2) is 12.2. The van der Waals surface area contributed by atoms with Crippen molar-refractivity contribution in [2.75, 3.05) is 24.3 Å². The molecule has 0 fully saturated rings. The summed E-state index contributed by atoms with van der Waals surface area (Å²) in [4.78, 5) is 44.8. The fraction of sp³-hybridized carbons (Fsp3) is 0.281. The highest BCUT2D eigenvalue weighted by molar-refractivity contribution is 5.99. The highest BCUT2D eigenvalue weighted by Crippen LogP contribution is 2.37. The van der Waals surface area contributed by atoms with E-state index in [-0.39, 0.29) is 34.9 Å². The molecule has 214 valence electrons. The van der Waals surface area contributed by atoms with Gasteiger partial charge in [-0.25, -0.2) is 9.18 Å². The number of nitriles is 1. The Balaban J connectivity index is 1.52. The monoisotopic (exact) mass is 567 g/mol. The van der Waals surface area contributed by atoms with Crippen LogP contribution in [0.15, 0.2) is 60.8 Å². The molecule has 0 saturated carbocycles. The molecule has 3 amide bonds. The number of rotatable bonds is 3. The molecule has 1 aromatic heterocycles. The number of hydrogen-bond acceptors (Lipinski definition) is 6. The van der Waals surface area contributed by atoms with Crippen molar-refractivity contribution in [2.24, 2.45) is 5.92 Å². The quantitative estimate of drug-likeness (QED) is 0.397. The number of anilines is 2. The summed E-state index contributed by atoms with van der Waals surface area (Å²) in [5, 5.41) is 15.1. The predicted molar refractivity (Wildman–Crippen MR) is 156 cm³/mol. The number of halogens is 1. The molecule has 9 nitrogen and oxygen atoms in total. The van der Waals surface area contributed by atoms with Crippen LogP contribution in [0.1, 0.15) is 55.5 Å². The molecule has 3 aromatic rings. The summed E-state index contributed by atoms with van der Waals surface area (Å²) >= 11 is 0. The lowest BCUT2D eigenvalue weighted by molar-refractivity contribution is -0.129. The van der Waals surface area contributed by atoms with Crippen LogP contribution in [0.25, 0.3) is 16.7 Å². The molecule has 2 aliphatic rings. The number of ether oxygens (including phenoxy) is 1. The Labute approximate surface area is 243 Å². The van der Waals surface area contributed by atoms with Crippen LogP contribution in [0.3, 0.4) is 0 Å². The van der Waals surface area contributed by atoms with E-state index in [1.807, 2.05) is 25.1 Å². The number of pyridine rings is 1. The van der Waals surface area contributed by atoms with Gasteiger partial charge < -0.3 is 15.0 Å². The van der Waals surface area contributed by atoms with Gasteiger partial charge in [0.15, 0.2) is 0 Å². The van der Waals surface area contributed by atoms with Crippen LogP contribution < -0.4 is 10.6 Å². The molecule has 3 heterocycles. The average Bonchev–Trinajstić information content (AvgIpc) is 2.99. The smallest absolute Gasteiger partial charge is 0.411 e. The van der Waals surface area contributed by atoms with E-state index in [0.29, 0.717) is 54.9 Å². The lowest BCUT2D eigenvalue weighted by Crippen LogP contribution is -2.38. The average molecular weight is 568 g/mol. The van der Waals surface area contributed by atoms with E-state index >= 15 is 0 Å². The van der Waals surface area contributed by atoms with Gasteiger partial charge >= 0.3 is 6.09 Å². The number of nitrogens with one attached hydrogen (secondary N) is 2. The lowest BCUT2D eigenvalue weighted by atomic mass is 9.91. The molecule has 0 saturated heterocycles. The maximum atomic E-state index is 14.7. The molecule has 2 unspecified atom stereocenters. The van der Waals surface area contributed by atoms with E-state index in [4.69, 9.17) is 4.74 Å². The molecule has 0 radical (unpaired) electrons. The summed E-state index contributed by atoms with van der Waals surface area (Å²) < 4.78 is 19.4. The van der Waals surface area contributed by atoms with E-state index in [2.05, 4.69) is 15.6 Å². The van der Waals surface area contributed by atoms with Crippen LogP contribution in [0, 0.1) is 23.1 Å². The van der Waals surface area contributed by atoms with E-state index in [9.17, 15) is 24.0 Å². The summed E-state index contributed by atoms with van der Waals surface area (Å²) in [5.74, 6) is -1.27. The van der Waals surface area contributed by atoms with Crippen molar-refractivity contribution in [1.82, 2.24) is 9.88 Å². The molecule has 5 rings (SSSR count). The van der Waals surface area contributed by atoms with Gasteiger partial charge in [-0.2, -0.15) is 5.26 Å². The molecule has 10 heteroatoms. The van der Waals surface area contributed by atoms with Crippen molar-refractivity contribution in [1.29, 1.82) is 5.26 Å². The van der Waals surface area contributed by atoms with Crippen LogP contribution in [0.5, 0.6) is 0 Å². The zero-order valence-corrected chi connectivity index (χ0v) is 23.3. The zero-order chi connectivity index (χ0) is 29.8. The fourth-order valence-electron chi connectivity index (χ4n) is 5.52. The first-order chi connectivity index (χ1) is 20.3. The third-order valence-corrected chi connectivity index (χ3v) is 7.74. The third kappa shape index (κ3) is 5.86. The van der Waals surface area contributed by atoms with Gasteiger partial charge in [-0.1, -0.05) is 25.5 Å². The van der Waals surface area contributed by atoms with E-state index in [1.165, 1.54) is 25.3 Å². The Bertz CT molecular complexity index is 1630. The van der Waals surface area contributed by atoms with Gasteiger partial charge in [0.25, 0.3) is 0 Å². The van der Waals surface area contributed by atoms with Crippen molar-refractivity contribution in [3.05, 3.63) is 83.4 Å². The zero-order valence-electron chi connectivity index (χ0n) is 23.3. The first-order valence-electron chi connectivity index (χ1n) is 13.8. The van der Waals surface area contributed by atoms with Crippen LogP contribution in [-0.4, -0.2) is 41.4 Å². The minimum absolute atomic E-state index is 0.155. The Kier molecular flexibility index (Phi) is 8.29. The molecule has 0 spiro atoms. The minimum Gasteiger partial charge on any atom is -0.453 e. The number of hydrogen-bond donors (Lipinski definition) is 2. The Hall–Kier alpha value is -5.04. The van der Waals surface area contributed by atoms with E-state index in [1.54, 1.807) is 35.4 Å². The first kappa shape index (κ1) is 28.5.